The zero-order chi connectivity index (χ0) is 23.4. The Bertz CT molecular complexity index is 601. The summed E-state index contributed by atoms with van der Waals surface area (Å²) in [5, 5.41) is 27.7. The minimum Gasteiger partial charge on any atom is -0.479 e. The predicted molar refractivity (Wildman–Crippen MR) is 131 cm³/mol. The Balaban J connectivity index is 1.90. The van der Waals surface area contributed by atoms with Crippen LogP contribution in [0.4, 0.5) is 0 Å². The number of unbranched alkanes of at least 4 members (excludes halogenated alkanes) is 4. The number of ketones is 1. The molecule has 0 radical (unpaired) electrons. The molecule has 5 nitrogen and oxygen atoms in total. The first kappa shape index (κ1) is 27.4. The second-order valence-electron chi connectivity index (χ2n) is 9.92. The van der Waals surface area contributed by atoms with E-state index in [1.807, 2.05) is 0 Å². The SMILES string of the molecule is CCCCCC1(CC=C[C@H]2[C@H](SCCO)CC(=O)[C@@H]2CCCCCC(O)C(=O)O)CCC1. The third-order valence-corrected chi connectivity index (χ3v) is 8.87. The van der Waals surface area contributed by atoms with Crippen LogP contribution in [0.15, 0.2) is 12.2 Å². The molecule has 6 heteroatoms. The standard InChI is InChI=1S/C26H44O5S/c1-2-3-7-13-26(15-9-16-26)14-8-11-21-20(23(29)19-24(21)32-18-17-27)10-5-4-6-12-22(28)25(30)31/h8,11,20-22,24,27-28H,2-7,9-10,12-19H2,1H3,(H,30,31)/t20-,21-,22?,24-/m1/s1. The normalized spacial score (nSPS) is 25.8. The quantitative estimate of drug-likeness (QED) is 0.196. The summed E-state index contributed by atoms with van der Waals surface area (Å²) in [4.78, 5) is 23.5. The van der Waals surface area contributed by atoms with Gasteiger partial charge in [0.05, 0.1) is 6.61 Å². The highest BCUT2D eigenvalue weighted by atomic mass is 32.2. The van der Waals surface area contributed by atoms with Crippen LogP contribution in [-0.2, 0) is 9.59 Å². The summed E-state index contributed by atoms with van der Waals surface area (Å²) >= 11 is 1.72. The molecule has 0 saturated heterocycles. The van der Waals surface area contributed by atoms with Gasteiger partial charge in [-0.1, -0.05) is 64.0 Å². The fourth-order valence-corrected chi connectivity index (χ4v) is 6.60. The van der Waals surface area contributed by atoms with E-state index in [9.17, 15) is 19.8 Å². The van der Waals surface area contributed by atoms with Crippen molar-refractivity contribution in [2.24, 2.45) is 17.3 Å². The number of hydrogen-bond acceptors (Lipinski definition) is 5. The number of aliphatic hydroxyl groups excluding tert-OH is 2. The fraction of sp³-hybridized carbons (Fsp3) is 0.846. The van der Waals surface area contributed by atoms with Crippen molar-refractivity contribution in [1.82, 2.24) is 0 Å². The number of rotatable bonds is 17. The maximum atomic E-state index is 12.8. The minimum atomic E-state index is -1.28. The van der Waals surface area contributed by atoms with Crippen LogP contribution in [0.3, 0.4) is 0 Å². The lowest BCUT2D eigenvalue weighted by Crippen LogP contribution is -2.28. The van der Waals surface area contributed by atoms with Gasteiger partial charge in [0.15, 0.2) is 6.10 Å². The molecule has 1 unspecified atom stereocenters. The molecule has 0 aromatic carbocycles. The third-order valence-electron chi connectivity index (χ3n) is 7.54. The Labute approximate surface area is 198 Å². The second-order valence-corrected chi connectivity index (χ2v) is 11.3. The number of Topliss-reactive ketones (excluding diaryl/α,β-unsaturated/α-hetero) is 1. The zero-order valence-corrected chi connectivity index (χ0v) is 20.7. The van der Waals surface area contributed by atoms with Crippen molar-refractivity contribution < 1.29 is 24.9 Å². The monoisotopic (exact) mass is 468 g/mol. The van der Waals surface area contributed by atoms with Crippen LogP contribution < -0.4 is 0 Å². The predicted octanol–water partition coefficient (Wildman–Crippen LogP) is 5.38. The molecule has 2 saturated carbocycles. The lowest BCUT2D eigenvalue weighted by molar-refractivity contribution is -0.147. The summed E-state index contributed by atoms with van der Waals surface area (Å²) in [6, 6.07) is 0. The lowest BCUT2D eigenvalue weighted by atomic mass is 9.64. The molecule has 2 rings (SSSR count). The molecule has 2 aliphatic carbocycles. The number of carboxylic acids is 1. The molecule has 2 aliphatic rings. The summed E-state index contributed by atoms with van der Waals surface area (Å²) in [5.74, 6) is 0.106. The van der Waals surface area contributed by atoms with Crippen molar-refractivity contribution in [2.45, 2.75) is 108 Å². The van der Waals surface area contributed by atoms with Gasteiger partial charge >= 0.3 is 5.97 Å². The number of carbonyl (C=O) groups excluding carboxylic acids is 1. The molecular weight excluding hydrogens is 424 g/mol. The maximum absolute atomic E-state index is 12.8. The van der Waals surface area contributed by atoms with Crippen molar-refractivity contribution >= 4 is 23.5 Å². The van der Waals surface area contributed by atoms with Crippen molar-refractivity contribution in [2.75, 3.05) is 12.4 Å². The van der Waals surface area contributed by atoms with Crippen molar-refractivity contribution in [1.29, 1.82) is 0 Å². The van der Waals surface area contributed by atoms with Gasteiger partial charge in [-0.3, -0.25) is 4.79 Å². The van der Waals surface area contributed by atoms with Crippen molar-refractivity contribution in [3.8, 4) is 0 Å². The Morgan fingerprint density at radius 1 is 1.22 bits per heavy atom. The smallest absolute Gasteiger partial charge is 0.332 e. The number of aliphatic hydroxyl groups is 2. The van der Waals surface area contributed by atoms with E-state index >= 15 is 0 Å². The highest BCUT2D eigenvalue weighted by Gasteiger charge is 2.41. The Morgan fingerprint density at radius 3 is 2.62 bits per heavy atom. The van der Waals surface area contributed by atoms with Gasteiger partial charge < -0.3 is 15.3 Å². The first-order valence-corrected chi connectivity index (χ1v) is 13.8. The summed E-state index contributed by atoms with van der Waals surface area (Å²) in [7, 11) is 0. The molecule has 32 heavy (non-hydrogen) atoms. The van der Waals surface area contributed by atoms with E-state index in [2.05, 4.69) is 19.1 Å². The summed E-state index contributed by atoms with van der Waals surface area (Å²) < 4.78 is 0. The molecule has 0 amide bonds. The fourth-order valence-electron chi connectivity index (χ4n) is 5.41. The van der Waals surface area contributed by atoms with E-state index in [1.54, 1.807) is 11.8 Å². The van der Waals surface area contributed by atoms with Crippen LogP contribution in [0.2, 0.25) is 0 Å². The summed E-state index contributed by atoms with van der Waals surface area (Å²) in [6.07, 6.45) is 17.8. The number of carbonyl (C=O) groups is 2. The van der Waals surface area contributed by atoms with Gasteiger partial charge in [0.25, 0.3) is 0 Å². The number of thioether (sulfide) groups is 1. The summed E-state index contributed by atoms with van der Waals surface area (Å²) in [6.45, 7) is 2.39. The van der Waals surface area contributed by atoms with Gasteiger partial charge in [-0.25, -0.2) is 4.79 Å². The van der Waals surface area contributed by atoms with Crippen molar-refractivity contribution in [3.05, 3.63) is 12.2 Å². The highest BCUT2D eigenvalue weighted by molar-refractivity contribution is 8.00. The molecule has 4 atom stereocenters. The van der Waals surface area contributed by atoms with Crippen LogP contribution >= 0.6 is 11.8 Å². The molecule has 0 heterocycles. The molecule has 184 valence electrons. The van der Waals surface area contributed by atoms with Gasteiger partial charge in [0.1, 0.15) is 5.78 Å². The second kappa shape index (κ2) is 14.4. The maximum Gasteiger partial charge on any atom is 0.332 e. The summed E-state index contributed by atoms with van der Waals surface area (Å²) in [5.41, 5.74) is 0.489. The van der Waals surface area contributed by atoms with Crippen LogP contribution in [0, 0.1) is 17.3 Å². The number of carboxylic acid groups (broad SMARTS) is 1. The molecule has 0 bridgehead atoms. The van der Waals surface area contributed by atoms with Crippen LogP contribution in [0.25, 0.3) is 0 Å². The van der Waals surface area contributed by atoms with Crippen LogP contribution in [0.1, 0.15) is 96.8 Å². The van der Waals surface area contributed by atoms with Gasteiger partial charge in [-0.05, 0) is 49.9 Å². The molecule has 0 aromatic rings. The van der Waals surface area contributed by atoms with Gasteiger partial charge in [-0.15, -0.1) is 0 Å². The Kier molecular flexibility index (Phi) is 12.3. The molecule has 2 fully saturated rings. The first-order chi connectivity index (χ1) is 15.4. The van der Waals surface area contributed by atoms with Gasteiger partial charge in [-0.2, -0.15) is 11.8 Å². The largest absolute Gasteiger partial charge is 0.479 e. The van der Waals surface area contributed by atoms with E-state index in [0.717, 1.165) is 25.7 Å². The lowest BCUT2D eigenvalue weighted by Gasteiger charge is -2.42. The van der Waals surface area contributed by atoms with Gasteiger partial charge in [0, 0.05) is 23.3 Å². The highest BCUT2D eigenvalue weighted by Crippen LogP contribution is 2.49. The molecule has 0 aromatic heterocycles. The zero-order valence-electron chi connectivity index (χ0n) is 19.8. The Morgan fingerprint density at radius 2 is 2.00 bits per heavy atom. The Hall–Kier alpha value is -0.850. The van der Waals surface area contributed by atoms with Crippen LogP contribution in [0.5, 0.6) is 0 Å². The average Bonchev–Trinajstić information content (AvgIpc) is 3.03. The van der Waals surface area contributed by atoms with Crippen LogP contribution in [-0.4, -0.2) is 50.8 Å². The molecule has 3 N–H and O–H groups in total. The molecule has 0 spiro atoms. The molecular formula is C26H44O5S. The number of hydrogen-bond donors (Lipinski definition) is 3. The van der Waals surface area contributed by atoms with E-state index in [4.69, 9.17) is 5.11 Å². The molecule has 0 aliphatic heterocycles. The number of allylic oxidation sites excluding steroid dienone is 2. The first-order valence-electron chi connectivity index (χ1n) is 12.7. The number of aliphatic carboxylic acids is 1. The topological polar surface area (TPSA) is 94.8 Å². The van der Waals surface area contributed by atoms with E-state index in [-0.39, 0.29) is 30.1 Å². The van der Waals surface area contributed by atoms with E-state index in [1.165, 1.54) is 44.9 Å². The average molecular weight is 469 g/mol. The van der Waals surface area contributed by atoms with E-state index in [0.29, 0.717) is 29.8 Å². The van der Waals surface area contributed by atoms with Gasteiger partial charge in [0.2, 0.25) is 0 Å². The minimum absolute atomic E-state index is 0.0317. The van der Waals surface area contributed by atoms with E-state index < -0.39 is 12.1 Å². The third kappa shape index (κ3) is 8.49. The van der Waals surface area contributed by atoms with Crippen molar-refractivity contribution in [3.63, 3.8) is 0 Å².